The quantitative estimate of drug-likeness (QED) is 0.322. The number of esters is 1. The van der Waals surface area contributed by atoms with Gasteiger partial charge in [-0.05, 0) is 55.3 Å². The number of nitrogens with zero attached hydrogens (tertiary/aromatic N) is 1. The Bertz CT molecular complexity index is 783. The van der Waals surface area contributed by atoms with Gasteiger partial charge >= 0.3 is 5.97 Å². The Labute approximate surface area is 201 Å². The van der Waals surface area contributed by atoms with E-state index in [9.17, 15) is 9.59 Å². The van der Waals surface area contributed by atoms with E-state index in [1.54, 1.807) is 4.90 Å². The molecule has 184 valence electrons. The summed E-state index contributed by atoms with van der Waals surface area (Å²) in [5, 5.41) is 0.146. The summed E-state index contributed by atoms with van der Waals surface area (Å²) in [6.07, 6.45) is 8.16. The van der Waals surface area contributed by atoms with E-state index < -0.39 is 14.4 Å². The van der Waals surface area contributed by atoms with Crippen LogP contribution in [0.25, 0.3) is 0 Å². The van der Waals surface area contributed by atoms with Crippen molar-refractivity contribution in [2.75, 3.05) is 6.54 Å². The second-order valence-corrected chi connectivity index (χ2v) is 16.1. The van der Waals surface area contributed by atoms with E-state index in [2.05, 4.69) is 33.9 Å². The molecule has 0 bridgehead atoms. The smallest absolute Gasteiger partial charge is 0.329 e. The number of hydrogen-bond donors (Lipinski definition) is 0. The third kappa shape index (κ3) is 6.92. The maximum absolute atomic E-state index is 12.8. The van der Waals surface area contributed by atoms with Gasteiger partial charge in [0.1, 0.15) is 12.6 Å². The van der Waals surface area contributed by atoms with Crippen molar-refractivity contribution in [1.29, 1.82) is 0 Å². The maximum Gasteiger partial charge on any atom is 0.329 e. The van der Waals surface area contributed by atoms with Gasteiger partial charge in [-0.1, -0.05) is 70.4 Å². The van der Waals surface area contributed by atoms with Crippen LogP contribution in [0, 0.1) is 5.92 Å². The highest BCUT2D eigenvalue weighted by Crippen LogP contribution is 2.40. The Kier molecular flexibility index (Phi) is 8.79. The van der Waals surface area contributed by atoms with Crippen LogP contribution in [-0.2, 0) is 25.4 Å². The van der Waals surface area contributed by atoms with E-state index in [0.29, 0.717) is 25.3 Å². The topological polar surface area (TPSA) is 55.8 Å². The highest BCUT2D eigenvalue weighted by molar-refractivity contribution is 6.74. The molecule has 6 heteroatoms. The first kappa shape index (κ1) is 26.0. The van der Waals surface area contributed by atoms with Crippen molar-refractivity contribution in [2.24, 2.45) is 5.92 Å². The maximum atomic E-state index is 12.8. The Balaban J connectivity index is 1.64. The van der Waals surface area contributed by atoms with E-state index in [0.717, 1.165) is 12.0 Å². The predicted molar refractivity (Wildman–Crippen MR) is 134 cm³/mol. The van der Waals surface area contributed by atoms with Gasteiger partial charge in [-0.2, -0.15) is 0 Å². The third-order valence-electron chi connectivity index (χ3n) is 7.91. The first-order valence-corrected chi connectivity index (χ1v) is 15.7. The molecule has 1 amide bonds. The van der Waals surface area contributed by atoms with Crippen LogP contribution >= 0.6 is 0 Å². The molecule has 2 fully saturated rings. The van der Waals surface area contributed by atoms with Crippen LogP contribution in [0.3, 0.4) is 0 Å². The monoisotopic (exact) mass is 473 g/mol. The van der Waals surface area contributed by atoms with Crippen LogP contribution in [0.5, 0.6) is 0 Å². The van der Waals surface area contributed by atoms with Crippen molar-refractivity contribution in [1.82, 2.24) is 4.90 Å². The van der Waals surface area contributed by atoms with Gasteiger partial charge in [-0.25, -0.2) is 4.79 Å². The molecule has 5 nitrogen and oxygen atoms in total. The van der Waals surface area contributed by atoms with Gasteiger partial charge in [-0.15, -0.1) is 0 Å². The van der Waals surface area contributed by atoms with E-state index >= 15 is 0 Å². The second kappa shape index (κ2) is 11.2. The second-order valence-electron chi connectivity index (χ2n) is 11.3. The fourth-order valence-electron chi connectivity index (χ4n) is 4.80. The molecule has 1 aromatic carbocycles. The molecule has 0 spiro atoms. The summed E-state index contributed by atoms with van der Waals surface area (Å²) in [6.45, 7) is 12.3. The number of hydrogen-bond acceptors (Lipinski definition) is 4. The van der Waals surface area contributed by atoms with Crippen molar-refractivity contribution in [3.63, 3.8) is 0 Å². The molecule has 0 unspecified atom stereocenters. The van der Waals surface area contributed by atoms with E-state index in [1.165, 1.54) is 32.1 Å². The molecular weight excluding hydrogens is 430 g/mol. The lowest BCUT2D eigenvalue weighted by atomic mass is 9.84. The summed E-state index contributed by atoms with van der Waals surface area (Å²) in [5.74, 6) is 0.324. The average molecular weight is 474 g/mol. The van der Waals surface area contributed by atoms with Gasteiger partial charge < -0.3 is 14.1 Å². The van der Waals surface area contributed by atoms with E-state index in [1.807, 2.05) is 30.3 Å². The number of benzene rings is 1. The number of amides is 1. The molecule has 0 radical (unpaired) electrons. The minimum atomic E-state index is -1.93. The third-order valence-corrected chi connectivity index (χ3v) is 12.4. The molecule has 3 rings (SSSR count). The summed E-state index contributed by atoms with van der Waals surface area (Å²) in [7, 11) is -1.93. The van der Waals surface area contributed by atoms with Crippen molar-refractivity contribution >= 4 is 20.2 Å². The van der Waals surface area contributed by atoms with Crippen LogP contribution in [0.4, 0.5) is 0 Å². The highest BCUT2D eigenvalue weighted by Gasteiger charge is 2.42. The molecule has 2 atom stereocenters. The Hall–Kier alpha value is -1.66. The molecule has 2 aliphatic rings. The summed E-state index contributed by atoms with van der Waals surface area (Å²) in [6, 6.07) is 9.22. The summed E-state index contributed by atoms with van der Waals surface area (Å²) < 4.78 is 12.5. The molecule has 1 saturated heterocycles. The average Bonchev–Trinajstić information content (AvgIpc) is 3.16. The van der Waals surface area contributed by atoms with Gasteiger partial charge in [0.05, 0.1) is 0 Å². The van der Waals surface area contributed by atoms with Crippen LogP contribution in [0.1, 0.15) is 77.7 Å². The largest absolute Gasteiger partial charge is 0.459 e. The number of likely N-dealkylation sites (tertiary alicyclic amines) is 1. The molecule has 1 saturated carbocycles. The fourth-order valence-corrected chi connectivity index (χ4v) is 6.22. The molecule has 0 N–H and O–H groups in total. The normalized spacial score (nSPS) is 21.3. The van der Waals surface area contributed by atoms with Gasteiger partial charge in [0.2, 0.25) is 5.91 Å². The number of carbonyl (C=O) groups excluding carboxylic acids is 2. The van der Waals surface area contributed by atoms with Crippen LogP contribution in [0.2, 0.25) is 18.1 Å². The lowest BCUT2D eigenvalue weighted by molar-refractivity contribution is -0.153. The zero-order valence-electron chi connectivity index (χ0n) is 21.3. The molecule has 1 aliphatic carbocycles. The van der Waals surface area contributed by atoms with Gasteiger partial charge in [0.15, 0.2) is 8.32 Å². The summed E-state index contributed by atoms with van der Waals surface area (Å²) in [5.41, 5.74) is 0.960. The minimum Gasteiger partial charge on any atom is -0.459 e. The van der Waals surface area contributed by atoms with E-state index in [-0.39, 0.29) is 29.6 Å². The molecule has 0 aromatic heterocycles. The first-order valence-electron chi connectivity index (χ1n) is 12.8. The van der Waals surface area contributed by atoms with Gasteiger partial charge in [0, 0.05) is 19.1 Å². The van der Waals surface area contributed by atoms with E-state index in [4.69, 9.17) is 9.16 Å². The Morgan fingerprint density at radius 1 is 1.09 bits per heavy atom. The van der Waals surface area contributed by atoms with Gasteiger partial charge in [-0.3, -0.25) is 4.79 Å². The molecule has 33 heavy (non-hydrogen) atoms. The number of ether oxygens (including phenoxy) is 1. The summed E-state index contributed by atoms with van der Waals surface area (Å²) in [4.78, 5) is 27.3. The van der Waals surface area contributed by atoms with Gasteiger partial charge in [0.25, 0.3) is 0 Å². The highest BCUT2D eigenvalue weighted by atomic mass is 28.4. The first-order chi connectivity index (χ1) is 15.6. The molecule has 1 aliphatic heterocycles. The lowest BCUT2D eigenvalue weighted by Crippen LogP contribution is -2.48. The molecular formula is C27H43NO4Si. The SMILES string of the molecule is CC(C)(C)[Si](C)(C)O[C@H](CCN1C(=O)CC[C@@H]1C(=O)OCc1ccccc1)C1CCCCC1. The number of rotatable bonds is 9. The molecule has 1 aromatic rings. The van der Waals surface area contributed by atoms with Crippen LogP contribution in [-0.4, -0.2) is 43.8 Å². The van der Waals surface area contributed by atoms with Crippen LogP contribution in [0.15, 0.2) is 30.3 Å². The zero-order chi connectivity index (χ0) is 24.1. The van der Waals surface area contributed by atoms with Crippen molar-refractivity contribution in [3.8, 4) is 0 Å². The Morgan fingerprint density at radius 3 is 2.39 bits per heavy atom. The minimum absolute atomic E-state index is 0.0615. The fraction of sp³-hybridized carbons (Fsp3) is 0.704. The van der Waals surface area contributed by atoms with Crippen molar-refractivity contribution in [2.45, 2.75) is 109 Å². The van der Waals surface area contributed by atoms with Crippen LogP contribution < -0.4 is 0 Å². The molecule has 1 heterocycles. The Morgan fingerprint density at radius 2 is 1.76 bits per heavy atom. The summed E-state index contributed by atoms with van der Waals surface area (Å²) >= 11 is 0. The standard InChI is InChI=1S/C27H43NO4Si/c1-27(2,3)33(4,5)32-24(22-14-10-7-11-15-22)18-19-28-23(16-17-25(28)29)26(30)31-20-21-12-8-6-9-13-21/h6,8-9,12-13,22-24H,7,10-11,14-20H2,1-5H3/t23-,24-/m1/s1. The zero-order valence-corrected chi connectivity index (χ0v) is 22.3. The van der Waals surface area contributed by atoms with Crippen molar-refractivity contribution in [3.05, 3.63) is 35.9 Å². The predicted octanol–water partition coefficient (Wildman–Crippen LogP) is 6.08. The lowest BCUT2D eigenvalue weighted by Gasteiger charge is -2.43. The number of carbonyl (C=O) groups is 2. The van der Waals surface area contributed by atoms with Crippen molar-refractivity contribution < 1.29 is 18.8 Å².